The highest BCUT2D eigenvalue weighted by Crippen LogP contribution is 1.90. The van der Waals surface area contributed by atoms with Crippen LogP contribution in [0.15, 0.2) is 0 Å². The predicted octanol–water partition coefficient (Wildman–Crippen LogP) is -0.00830. The van der Waals surface area contributed by atoms with Gasteiger partial charge in [-0.2, -0.15) is 0 Å². The van der Waals surface area contributed by atoms with Crippen molar-refractivity contribution in [1.29, 1.82) is 0 Å². The fourth-order valence-electron chi connectivity index (χ4n) is 0.536. The van der Waals surface area contributed by atoms with E-state index in [4.69, 9.17) is 9.84 Å². The van der Waals surface area contributed by atoms with Crippen LogP contribution < -0.4 is 5.32 Å². The molecule has 0 aliphatic rings. The molecule has 0 saturated heterocycles. The molecule has 0 aliphatic carbocycles. The Bertz CT molecular complexity index is 72.0. The van der Waals surface area contributed by atoms with Gasteiger partial charge in [0.25, 0.3) is 0 Å². The van der Waals surface area contributed by atoms with Gasteiger partial charge in [-0.1, -0.05) is 0 Å². The van der Waals surface area contributed by atoms with Gasteiger partial charge in [0.05, 0.1) is 25.4 Å². The number of ether oxygens (including phenoxy) is 1. The summed E-state index contributed by atoms with van der Waals surface area (Å²) in [5.74, 6) is 0. The average Bonchev–Trinajstić information content (AvgIpc) is 1.90. The molecule has 0 amide bonds. The Balaban J connectivity index is 3.26. The van der Waals surface area contributed by atoms with E-state index in [2.05, 4.69) is 5.32 Å². The first-order valence-corrected chi connectivity index (χ1v) is 3.60. The van der Waals surface area contributed by atoms with Crippen LogP contribution in [0, 0.1) is 0 Å². The molecule has 2 N–H and O–H groups in total. The van der Waals surface area contributed by atoms with Gasteiger partial charge in [-0.3, -0.25) is 0 Å². The van der Waals surface area contributed by atoms with Crippen molar-refractivity contribution >= 4 is 0 Å². The minimum Gasteiger partial charge on any atom is -0.395 e. The van der Waals surface area contributed by atoms with Crippen LogP contribution in [0.5, 0.6) is 0 Å². The van der Waals surface area contributed by atoms with Gasteiger partial charge in [0, 0.05) is 0 Å². The minimum absolute atomic E-state index is 0.0717. The highest BCUT2D eigenvalue weighted by atomic mass is 16.5. The molecule has 3 nitrogen and oxygen atoms in total. The lowest BCUT2D eigenvalue weighted by atomic mass is 10.3. The predicted molar refractivity (Wildman–Crippen MR) is 41.0 cm³/mol. The molecule has 10 heavy (non-hydrogen) atoms. The normalized spacial score (nSPS) is 14.1. The van der Waals surface area contributed by atoms with Crippen molar-refractivity contribution in [3.63, 3.8) is 0 Å². The first kappa shape index (κ1) is 9.88. The van der Waals surface area contributed by atoms with Gasteiger partial charge in [0.15, 0.2) is 0 Å². The van der Waals surface area contributed by atoms with Crippen molar-refractivity contribution in [3.05, 3.63) is 0 Å². The van der Waals surface area contributed by atoms with E-state index in [0.717, 1.165) is 0 Å². The fraction of sp³-hybridized carbons (Fsp3) is 1.00. The summed E-state index contributed by atoms with van der Waals surface area (Å²) in [6, 6.07) is 0.0717. The van der Waals surface area contributed by atoms with Crippen LogP contribution in [0.4, 0.5) is 0 Å². The van der Waals surface area contributed by atoms with E-state index < -0.39 is 0 Å². The molecule has 0 spiro atoms. The molecular weight excluding hydrogens is 130 g/mol. The van der Waals surface area contributed by atoms with Gasteiger partial charge in [-0.15, -0.1) is 0 Å². The van der Waals surface area contributed by atoms with E-state index in [1.807, 2.05) is 20.9 Å². The largest absolute Gasteiger partial charge is 0.395 e. The molecule has 1 atom stereocenters. The van der Waals surface area contributed by atoms with Crippen molar-refractivity contribution in [2.75, 3.05) is 20.3 Å². The number of rotatable bonds is 5. The maximum atomic E-state index is 8.70. The average molecular weight is 147 g/mol. The van der Waals surface area contributed by atoms with Gasteiger partial charge in [0.1, 0.15) is 0 Å². The molecule has 0 heterocycles. The quantitative estimate of drug-likeness (QED) is 0.575. The van der Waals surface area contributed by atoms with E-state index in [9.17, 15) is 0 Å². The van der Waals surface area contributed by atoms with Crippen LogP contribution in [0.2, 0.25) is 0 Å². The van der Waals surface area contributed by atoms with Crippen LogP contribution in [-0.2, 0) is 4.74 Å². The summed E-state index contributed by atoms with van der Waals surface area (Å²) in [6.45, 7) is 4.65. The maximum Gasteiger partial charge on any atom is 0.0645 e. The standard InChI is InChI=1S/C7H17NO2/c1-6(2)10-5-7(4-9)8-3/h6-9H,4-5H2,1-3H3/t7-/m0/s1. The number of hydrogen-bond acceptors (Lipinski definition) is 3. The first-order valence-electron chi connectivity index (χ1n) is 3.60. The van der Waals surface area contributed by atoms with Crippen molar-refractivity contribution in [2.45, 2.75) is 26.0 Å². The SMILES string of the molecule is CN[C@@H](CO)COC(C)C. The number of aliphatic hydroxyl groups excluding tert-OH is 1. The highest BCUT2D eigenvalue weighted by Gasteiger charge is 2.03. The summed E-state index contributed by atoms with van der Waals surface area (Å²) in [4.78, 5) is 0. The second-order valence-electron chi connectivity index (χ2n) is 2.55. The topological polar surface area (TPSA) is 41.5 Å². The number of hydrogen-bond donors (Lipinski definition) is 2. The van der Waals surface area contributed by atoms with E-state index in [1.165, 1.54) is 0 Å². The third-order valence-electron chi connectivity index (χ3n) is 1.26. The smallest absolute Gasteiger partial charge is 0.0645 e. The van der Waals surface area contributed by atoms with Crippen molar-refractivity contribution in [2.24, 2.45) is 0 Å². The molecule has 0 rings (SSSR count). The van der Waals surface area contributed by atoms with Gasteiger partial charge >= 0.3 is 0 Å². The Kier molecular flexibility index (Phi) is 5.58. The van der Waals surface area contributed by atoms with Crippen LogP contribution >= 0.6 is 0 Å². The molecule has 3 heteroatoms. The molecule has 0 aromatic rings. The van der Waals surface area contributed by atoms with Gasteiger partial charge in [0.2, 0.25) is 0 Å². The van der Waals surface area contributed by atoms with E-state index in [0.29, 0.717) is 6.61 Å². The zero-order valence-electron chi connectivity index (χ0n) is 6.92. The van der Waals surface area contributed by atoms with Gasteiger partial charge in [-0.25, -0.2) is 0 Å². The molecule has 0 saturated carbocycles. The third kappa shape index (κ3) is 4.73. The van der Waals surface area contributed by atoms with Crippen molar-refractivity contribution in [3.8, 4) is 0 Å². The molecule has 0 aliphatic heterocycles. The maximum absolute atomic E-state index is 8.70. The Hall–Kier alpha value is -0.120. The monoisotopic (exact) mass is 147 g/mol. The van der Waals surface area contributed by atoms with Gasteiger partial charge < -0.3 is 15.2 Å². The summed E-state index contributed by atoms with van der Waals surface area (Å²) in [5, 5.41) is 11.6. The first-order chi connectivity index (χ1) is 4.70. The summed E-state index contributed by atoms with van der Waals surface area (Å²) in [5.41, 5.74) is 0. The van der Waals surface area contributed by atoms with Crippen LogP contribution in [0.25, 0.3) is 0 Å². The number of likely N-dealkylation sites (N-methyl/N-ethyl adjacent to an activating group) is 1. The Morgan fingerprint density at radius 2 is 2.10 bits per heavy atom. The van der Waals surface area contributed by atoms with Crippen molar-refractivity contribution < 1.29 is 9.84 Å². The summed E-state index contributed by atoms with van der Waals surface area (Å²) < 4.78 is 5.26. The van der Waals surface area contributed by atoms with Crippen LogP contribution in [-0.4, -0.2) is 37.5 Å². The Labute approximate surface area is 62.4 Å². The van der Waals surface area contributed by atoms with E-state index >= 15 is 0 Å². The zero-order chi connectivity index (χ0) is 7.98. The molecule has 0 aromatic carbocycles. The zero-order valence-corrected chi connectivity index (χ0v) is 6.92. The summed E-state index contributed by atoms with van der Waals surface area (Å²) in [7, 11) is 1.81. The summed E-state index contributed by atoms with van der Waals surface area (Å²) in [6.07, 6.45) is 0.238. The highest BCUT2D eigenvalue weighted by molar-refractivity contribution is 4.60. The lowest BCUT2D eigenvalue weighted by Gasteiger charge is -2.14. The van der Waals surface area contributed by atoms with Crippen LogP contribution in [0.1, 0.15) is 13.8 Å². The molecule has 0 aromatic heterocycles. The molecule has 0 radical (unpaired) electrons. The Morgan fingerprint density at radius 3 is 2.40 bits per heavy atom. The molecule has 0 bridgehead atoms. The molecular formula is C7H17NO2. The second kappa shape index (κ2) is 5.65. The minimum atomic E-state index is 0.0717. The van der Waals surface area contributed by atoms with Gasteiger partial charge in [-0.05, 0) is 20.9 Å². The van der Waals surface area contributed by atoms with Crippen molar-refractivity contribution in [1.82, 2.24) is 5.32 Å². The fourth-order valence-corrected chi connectivity index (χ4v) is 0.536. The van der Waals surface area contributed by atoms with E-state index in [1.54, 1.807) is 0 Å². The lowest BCUT2D eigenvalue weighted by Crippen LogP contribution is -2.34. The number of aliphatic hydroxyl groups is 1. The van der Waals surface area contributed by atoms with E-state index in [-0.39, 0.29) is 18.8 Å². The molecule has 0 fully saturated rings. The lowest BCUT2D eigenvalue weighted by molar-refractivity contribution is 0.0491. The molecule has 0 unspecified atom stereocenters. The second-order valence-corrected chi connectivity index (χ2v) is 2.55. The summed E-state index contributed by atoms with van der Waals surface area (Å²) >= 11 is 0. The molecule has 62 valence electrons. The van der Waals surface area contributed by atoms with Crippen LogP contribution in [0.3, 0.4) is 0 Å². The third-order valence-corrected chi connectivity index (χ3v) is 1.26. The number of nitrogens with one attached hydrogen (secondary N) is 1. The Morgan fingerprint density at radius 1 is 1.50 bits per heavy atom.